The minimum absolute atomic E-state index is 0.0520. The highest BCUT2D eigenvalue weighted by atomic mass is 16.6. The van der Waals surface area contributed by atoms with Gasteiger partial charge in [-0.15, -0.1) is 0 Å². The van der Waals surface area contributed by atoms with Gasteiger partial charge in [0, 0.05) is 17.1 Å². The first kappa shape index (κ1) is 10.6. The van der Waals surface area contributed by atoms with Gasteiger partial charge >= 0.3 is 11.9 Å². The molecule has 14 heavy (non-hydrogen) atoms. The Bertz CT molecular complexity index is 315. The Morgan fingerprint density at radius 2 is 2.07 bits per heavy atom. The molecule has 0 fully saturated rings. The molecule has 0 aromatic carbocycles. The number of aldehydes is 1. The van der Waals surface area contributed by atoms with Crippen LogP contribution in [-0.2, 0) is 19.1 Å². The molecule has 0 saturated heterocycles. The number of rotatable bonds is 4. The van der Waals surface area contributed by atoms with E-state index in [4.69, 9.17) is 5.11 Å². The lowest BCUT2D eigenvalue weighted by molar-refractivity contribution is -0.151. The first-order valence-electron chi connectivity index (χ1n) is 4.12. The van der Waals surface area contributed by atoms with Gasteiger partial charge < -0.3 is 14.6 Å². The van der Waals surface area contributed by atoms with E-state index in [2.05, 4.69) is 4.74 Å². The van der Waals surface area contributed by atoms with Crippen LogP contribution in [-0.4, -0.2) is 29.9 Å². The van der Waals surface area contributed by atoms with E-state index in [0.29, 0.717) is 6.29 Å². The summed E-state index contributed by atoms with van der Waals surface area (Å²) in [5.41, 5.74) is 0.399. The maximum atomic E-state index is 11.1. The molecule has 0 saturated carbocycles. The van der Waals surface area contributed by atoms with Gasteiger partial charge in [0.05, 0.1) is 6.61 Å². The molecule has 0 amide bonds. The van der Waals surface area contributed by atoms with Crippen molar-refractivity contribution in [1.82, 2.24) is 0 Å². The van der Waals surface area contributed by atoms with Crippen molar-refractivity contribution in [2.45, 2.75) is 13.3 Å². The molecule has 1 rings (SSSR count). The number of cyclic esters (lactones) is 2. The van der Waals surface area contributed by atoms with Gasteiger partial charge in [-0.25, -0.2) is 9.59 Å². The van der Waals surface area contributed by atoms with Crippen LogP contribution in [0.3, 0.4) is 0 Å². The lowest BCUT2D eigenvalue weighted by Crippen LogP contribution is -2.12. The molecule has 0 aromatic rings. The Balaban J connectivity index is 2.81. The lowest BCUT2D eigenvalue weighted by atomic mass is 9.99. The fourth-order valence-corrected chi connectivity index (χ4v) is 1.15. The van der Waals surface area contributed by atoms with Crippen molar-refractivity contribution >= 4 is 18.2 Å². The van der Waals surface area contributed by atoms with Gasteiger partial charge in [-0.3, -0.25) is 0 Å². The average molecular weight is 198 g/mol. The Hall–Kier alpha value is -1.49. The molecular formula is C9H10O5. The zero-order valence-electron chi connectivity index (χ0n) is 7.65. The van der Waals surface area contributed by atoms with Crippen LogP contribution in [0, 0.1) is 5.92 Å². The Morgan fingerprint density at radius 3 is 2.43 bits per heavy atom. The Labute approximate surface area is 80.4 Å². The molecule has 1 N–H and O–H groups in total. The second-order valence-corrected chi connectivity index (χ2v) is 3.06. The van der Waals surface area contributed by atoms with Crippen molar-refractivity contribution in [2.24, 2.45) is 5.92 Å². The third-order valence-corrected chi connectivity index (χ3v) is 2.08. The van der Waals surface area contributed by atoms with Crippen molar-refractivity contribution in [3.8, 4) is 0 Å². The van der Waals surface area contributed by atoms with Crippen molar-refractivity contribution in [3.05, 3.63) is 11.1 Å². The highest BCUT2D eigenvalue weighted by Gasteiger charge is 2.31. The van der Waals surface area contributed by atoms with E-state index < -0.39 is 17.9 Å². The van der Waals surface area contributed by atoms with Crippen molar-refractivity contribution in [1.29, 1.82) is 0 Å². The summed E-state index contributed by atoms with van der Waals surface area (Å²) in [7, 11) is 0. The normalized spacial score (nSPS) is 18.4. The van der Waals surface area contributed by atoms with E-state index in [0.717, 1.165) is 0 Å². The van der Waals surface area contributed by atoms with Gasteiger partial charge in [-0.05, 0) is 13.3 Å². The van der Waals surface area contributed by atoms with Crippen LogP contribution in [0.15, 0.2) is 11.1 Å². The number of esters is 2. The lowest BCUT2D eigenvalue weighted by Gasteiger charge is -2.04. The van der Waals surface area contributed by atoms with Crippen LogP contribution in [0.4, 0.5) is 0 Å². The summed E-state index contributed by atoms with van der Waals surface area (Å²) in [6.45, 7) is 1.11. The summed E-state index contributed by atoms with van der Waals surface area (Å²) in [6, 6.07) is 0. The molecule has 0 bridgehead atoms. The van der Waals surface area contributed by atoms with E-state index in [1.165, 1.54) is 6.92 Å². The van der Waals surface area contributed by atoms with E-state index in [1.54, 1.807) is 0 Å². The molecule has 0 spiro atoms. The first-order valence-corrected chi connectivity index (χ1v) is 4.12. The van der Waals surface area contributed by atoms with Crippen LogP contribution < -0.4 is 0 Å². The number of carbonyl (C=O) groups is 3. The summed E-state index contributed by atoms with van der Waals surface area (Å²) >= 11 is 0. The molecule has 0 aliphatic carbocycles. The fourth-order valence-electron chi connectivity index (χ4n) is 1.15. The van der Waals surface area contributed by atoms with Crippen molar-refractivity contribution < 1.29 is 24.2 Å². The predicted molar refractivity (Wildman–Crippen MR) is 45.1 cm³/mol. The second kappa shape index (κ2) is 4.15. The number of hydrogen-bond acceptors (Lipinski definition) is 5. The van der Waals surface area contributed by atoms with Crippen LogP contribution >= 0.6 is 0 Å². The fraction of sp³-hybridized carbons (Fsp3) is 0.444. The highest BCUT2D eigenvalue weighted by molar-refractivity contribution is 6.12. The Morgan fingerprint density at radius 1 is 1.43 bits per heavy atom. The summed E-state index contributed by atoms with van der Waals surface area (Å²) in [5, 5.41) is 8.73. The maximum Gasteiger partial charge on any atom is 0.342 e. The number of carbonyl (C=O) groups excluding carboxylic acids is 3. The van der Waals surface area contributed by atoms with Gasteiger partial charge in [0.15, 0.2) is 0 Å². The third-order valence-electron chi connectivity index (χ3n) is 2.08. The number of hydrogen-bond donors (Lipinski definition) is 1. The number of ether oxygens (including phenoxy) is 1. The van der Waals surface area contributed by atoms with Crippen LogP contribution in [0.2, 0.25) is 0 Å². The molecular weight excluding hydrogens is 188 g/mol. The van der Waals surface area contributed by atoms with Gasteiger partial charge in [-0.1, -0.05) is 0 Å². The standard InChI is InChI=1S/C9H10O5/c1-5-7(2-6(3-10)4-11)9(13)14-8(5)12/h3,6,11H,2,4H2,1H3. The molecule has 1 atom stereocenters. The monoisotopic (exact) mass is 198 g/mol. The van der Waals surface area contributed by atoms with Gasteiger partial charge in [0.25, 0.3) is 0 Å². The van der Waals surface area contributed by atoms with Crippen LogP contribution in [0.5, 0.6) is 0 Å². The molecule has 0 aromatic heterocycles. The third kappa shape index (κ3) is 1.88. The van der Waals surface area contributed by atoms with Crippen molar-refractivity contribution in [2.75, 3.05) is 6.61 Å². The summed E-state index contributed by atoms with van der Waals surface area (Å²) in [4.78, 5) is 32.4. The largest absolute Gasteiger partial charge is 0.396 e. The molecule has 0 radical (unpaired) electrons. The van der Waals surface area contributed by atoms with E-state index in [-0.39, 0.29) is 24.2 Å². The van der Waals surface area contributed by atoms with Gasteiger partial charge in [-0.2, -0.15) is 0 Å². The summed E-state index contributed by atoms with van der Waals surface area (Å²) in [6.07, 6.45) is 0.604. The topological polar surface area (TPSA) is 80.7 Å². The predicted octanol–water partition coefficient (Wildman–Crippen LogP) is -0.416. The van der Waals surface area contributed by atoms with E-state index in [1.807, 2.05) is 0 Å². The van der Waals surface area contributed by atoms with E-state index in [9.17, 15) is 14.4 Å². The number of aliphatic hydroxyl groups is 1. The van der Waals surface area contributed by atoms with Crippen molar-refractivity contribution in [3.63, 3.8) is 0 Å². The van der Waals surface area contributed by atoms with Crippen LogP contribution in [0.1, 0.15) is 13.3 Å². The summed E-state index contributed by atoms with van der Waals surface area (Å²) in [5.74, 6) is -2.04. The maximum absolute atomic E-state index is 11.1. The Kier molecular flexibility index (Phi) is 3.14. The smallest absolute Gasteiger partial charge is 0.342 e. The quantitative estimate of drug-likeness (QED) is 0.377. The average Bonchev–Trinajstić information content (AvgIpc) is 2.40. The molecule has 5 nitrogen and oxygen atoms in total. The van der Waals surface area contributed by atoms with Gasteiger partial charge in [0.2, 0.25) is 0 Å². The molecule has 1 unspecified atom stereocenters. The molecule has 1 heterocycles. The molecule has 1 aliphatic rings. The minimum Gasteiger partial charge on any atom is -0.396 e. The second-order valence-electron chi connectivity index (χ2n) is 3.06. The van der Waals surface area contributed by atoms with Crippen LogP contribution in [0.25, 0.3) is 0 Å². The molecule has 1 aliphatic heterocycles. The number of aliphatic hydroxyl groups excluding tert-OH is 1. The summed E-state index contributed by atoms with van der Waals surface area (Å²) < 4.78 is 4.33. The van der Waals surface area contributed by atoms with Gasteiger partial charge in [0.1, 0.15) is 6.29 Å². The first-order chi connectivity index (χ1) is 6.60. The zero-order valence-corrected chi connectivity index (χ0v) is 7.65. The van der Waals surface area contributed by atoms with E-state index >= 15 is 0 Å². The minimum atomic E-state index is -0.715. The zero-order chi connectivity index (χ0) is 10.7. The molecule has 5 heteroatoms. The SMILES string of the molecule is CC1=C(CC(C=O)CO)C(=O)OC1=O. The highest BCUT2D eigenvalue weighted by Crippen LogP contribution is 2.22. The molecule has 76 valence electrons.